The van der Waals surface area contributed by atoms with Crippen molar-refractivity contribution in [3.8, 4) is 0 Å². The average Bonchev–Trinajstić information content (AvgIpc) is 2.73. The minimum absolute atomic E-state index is 0.0341. The van der Waals surface area contributed by atoms with Gasteiger partial charge in [-0.1, -0.05) is 40.1 Å². The molecule has 0 spiro atoms. The van der Waals surface area contributed by atoms with Gasteiger partial charge in [-0.2, -0.15) is 0 Å². The van der Waals surface area contributed by atoms with Crippen molar-refractivity contribution < 1.29 is 9.59 Å². The fourth-order valence-electron chi connectivity index (χ4n) is 2.66. The van der Waals surface area contributed by atoms with Crippen LogP contribution >= 0.6 is 45.0 Å². The van der Waals surface area contributed by atoms with Gasteiger partial charge in [0.2, 0.25) is 11.8 Å². The van der Waals surface area contributed by atoms with Crippen LogP contribution in [0.4, 0.5) is 0 Å². The molecule has 2 rings (SSSR count). The number of nitrogens with zero attached hydrogens (tertiary/aromatic N) is 1. The van der Waals surface area contributed by atoms with E-state index in [0.29, 0.717) is 30.4 Å². The highest BCUT2D eigenvalue weighted by molar-refractivity contribution is 8.76. The quantitative estimate of drug-likeness (QED) is 0.318. The van der Waals surface area contributed by atoms with E-state index in [2.05, 4.69) is 17.6 Å². The number of piperidine rings is 1. The highest BCUT2D eigenvalue weighted by Gasteiger charge is 2.27. The SMILES string of the molecule is CCSSCCNC(=O)C1CCN(C(=O)CSc2ccc(Cl)cc2)CC1.CNC. The molecule has 2 amide bonds. The summed E-state index contributed by atoms with van der Waals surface area (Å²) in [6.07, 6.45) is 1.50. The number of rotatable bonds is 9. The number of thioether (sulfide) groups is 1. The molecule has 0 atom stereocenters. The summed E-state index contributed by atoms with van der Waals surface area (Å²) in [5.41, 5.74) is 0. The summed E-state index contributed by atoms with van der Waals surface area (Å²) in [6.45, 7) is 4.17. The highest BCUT2D eigenvalue weighted by atomic mass is 35.5. The van der Waals surface area contributed by atoms with Crippen LogP contribution in [0.15, 0.2) is 29.2 Å². The lowest BCUT2D eigenvalue weighted by atomic mass is 9.96. The molecule has 1 saturated heterocycles. The predicted octanol–water partition coefficient (Wildman–Crippen LogP) is 4.02. The fraction of sp³-hybridized carbons (Fsp3) is 0.600. The maximum absolute atomic E-state index is 12.4. The van der Waals surface area contributed by atoms with Crippen LogP contribution in [0, 0.1) is 5.92 Å². The largest absolute Gasteiger partial charge is 0.355 e. The molecule has 0 unspecified atom stereocenters. The van der Waals surface area contributed by atoms with Crippen molar-refractivity contribution >= 4 is 56.8 Å². The van der Waals surface area contributed by atoms with Crippen molar-refractivity contribution in [3.05, 3.63) is 29.3 Å². The van der Waals surface area contributed by atoms with Gasteiger partial charge in [0.05, 0.1) is 5.75 Å². The second-order valence-corrected chi connectivity index (χ2v) is 10.8. The number of nitrogens with one attached hydrogen (secondary N) is 2. The molecule has 0 radical (unpaired) electrons. The van der Waals surface area contributed by atoms with E-state index in [9.17, 15) is 9.59 Å². The molecule has 5 nitrogen and oxygen atoms in total. The molecule has 0 aromatic heterocycles. The zero-order valence-electron chi connectivity index (χ0n) is 17.4. The van der Waals surface area contributed by atoms with Gasteiger partial charge < -0.3 is 15.5 Å². The summed E-state index contributed by atoms with van der Waals surface area (Å²) in [6, 6.07) is 7.51. The monoisotopic (exact) mass is 477 g/mol. The van der Waals surface area contributed by atoms with Crippen molar-refractivity contribution in [2.45, 2.75) is 24.7 Å². The van der Waals surface area contributed by atoms with E-state index < -0.39 is 0 Å². The molecule has 0 aliphatic carbocycles. The van der Waals surface area contributed by atoms with Crippen LogP contribution in [0.1, 0.15) is 19.8 Å². The van der Waals surface area contributed by atoms with E-state index in [0.717, 1.165) is 29.2 Å². The van der Waals surface area contributed by atoms with Crippen LogP contribution in [0.25, 0.3) is 0 Å². The number of carbonyl (C=O) groups excluding carboxylic acids is 2. The Morgan fingerprint density at radius 2 is 1.76 bits per heavy atom. The molecule has 1 aliphatic heterocycles. The van der Waals surface area contributed by atoms with Crippen LogP contribution in [0.5, 0.6) is 0 Å². The van der Waals surface area contributed by atoms with Gasteiger partial charge in [-0.25, -0.2) is 0 Å². The zero-order valence-corrected chi connectivity index (χ0v) is 20.6. The van der Waals surface area contributed by atoms with Crippen LogP contribution in [0.3, 0.4) is 0 Å². The Balaban J connectivity index is 0.00000132. The number of halogens is 1. The summed E-state index contributed by atoms with van der Waals surface area (Å²) in [5, 5.41) is 6.46. The first-order valence-corrected chi connectivity index (χ1v) is 13.6. The molecule has 1 fully saturated rings. The van der Waals surface area contributed by atoms with E-state index in [1.54, 1.807) is 10.8 Å². The normalized spacial score (nSPS) is 14.1. The lowest BCUT2D eigenvalue weighted by Gasteiger charge is -2.31. The van der Waals surface area contributed by atoms with Crippen molar-refractivity contribution in [1.82, 2.24) is 15.5 Å². The van der Waals surface area contributed by atoms with Crippen molar-refractivity contribution in [1.29, 1.82) is 0 Å². The Kier molecular flexibility index (Phi) is 14.8. The maximum atomic E-state index is 12.4. The minimum Gasteiger partial charge on any atom is -0.355 e. The standard InChI is InChI=1S/C18H25ClN2O2S3.C2H7N/c1-2-25-26-12-9-20-18(23)14-7-10-21(11-8-14)17(22)13-24-16-5-3-15(19)4-6-16;1-3-2/h3-6,14H,2,7-13H2,1H3,(H,20,23);3H,1-2H3. The van der Waals surface area contributed by atoms with E-state index in [1.165, 1.54) is 11.8 Å². The molecule has 1 aromatic rings. The maximum Gasteiger partial charge on any atom is 0.232 e. The van der Waals surface area contributed by atoms with Gasteiger partial charge in [-0.05, 0) is 51.2 Å². The Labute approximate surface area is 192 Å². The topological polar surface area (TPSA) is 61.4 Å². The van der Waals surface area contributed by atoms with E-state index in [-0.39, 0.29) is 17.7 Å². The van der Waals surface area contributed by atoms with Gasteiger partial charge >= 0.3 is 0 Å². The molecule has 9 heteroatoms. The van der Waals surface area contributed by atoms with E-state index in [4.69, 9.17) is 11.6 Å². The molecule has 0 bridgehead atoms. The molecule has 1 aromatic carbocycles. The number of likely N-dealkylation sites (tertiary alicyclic amines) is 1. The first-order chi connectivity index (χ1) is 14.0. The Hall–Kier alpha value is -0.540. The third-order valence-corrected chi connectivity index (χ3v) is 7.81. The number of hydrogen-bond acceptors (Lipinski definition) is 6. The van der Waals surface area contributed by atoms with Gasteiger partial charge in [0.1, 0.15) is 0 Å². The lowest BCUT2D eigenvalue weighted by molar-refractivity contribution is -0.133. The average molecular weight is 478 g/mol. The predicted molar refractivity (Wildman–Crippen MR) is 130 cm³/mol. The number of amides is 2. The molecular formula is C20H32ClN3O2S3. The van der Waals surface area contributed by atoms with E-state index in [1.807, 2.05) is 54.1 Å². The van der Waals surface area contributed by atoms with Crippen LogP contribution in [-0.4, -0.2) is 67.7 Å². The van der Waals surface area contributed by atoms with Crippen LogP contribution < -0.4 is 10.6 Å². The smallest absolute Gasteiger partial charge is 0.232 e. The summed E-state index contributed by atoms with van der Waals surface area (Å²) >= 11 is 7.39. The number of hydrogen-bond donors (Lipinski definition) is 2. The molecule has 1 heterocycles. The fourth-order valence-corrected chi connectivity index (χ4v) is 5.16. The van der Waals surface area contributed by atoms with Crippen molar-refractivity contribution in [3.63, 3.8) is 0 Å². The second-order valence-electron chi connectivity index (χ2n) is 6.42. The van der Waals surface area contributed by atoms with Crippen molar-refractivity contribution in [2.75, 3.05) is 51.0 Å². The first-order valence-electron chi connectivity index (χ1n) is 9.78. The molecule has 2 N–H and O–H groups in total. The Bertz CT molecular complexity index is 597. The Morgan fingerprint density at radius 1 is 1.14 bits per heavy atom. The van der Waals surface area contributed by atoms with Gasteiger partial charge in [-0.3, -0.25) is 9.59 Å². The molecule has 1 aliphatic rings. The van der Waals surface area contributed by atoms with Gasteiger partial charge in [0, 0.05) is 47.0 Å². The highest BCUT2D eigenvalue weighted by Crippen LogP contribution is 2.23. The van der Waals surface area contributed by atoms with Gasteiger partial charge in [0.15, 0.2) is 0 Å². The van der Waals surface area contributed by atoms with Gasteiger partial charge in [-0.15, -0.1) is 11.8 Å². The van der Waals surface area contributed by atoms with Crippen molar-refractivity contribution in [2.24, 2.45) is 5.92 Å². The summed E-state index contributed by atoms with van der Waals surface area (Å²) in [4.78, 5) is 27.5. The first kappa shape index (κ1) is 26.5. The lowest BCUT2D eigenvalue weighted by Crippen LogP contribution is -2.43. The molecular weight excluding hydrogens is 446 g/mol. The number of carbonyl (C=O) groups is 2. The van der Waals surface area contributed by atoms with Crippen LogP contribution in [-0.2, 0) is 9.59 Å². The second kappa shape index (κ2) is 16.2. The summed E-state index contributed by atoms with van der Waals surface area (Å²) < 4.78 is 0. The zero-order chi connectivity index (χ0) is 21.5. The van der Waals surface area contributed by atoms with Crippen LogP contribution in [0.2, 0.25) is 5.02 Å². The molecule has 164 valence electrons. The minimum atomic E-state index is 0.0341. The molecule has 29 heavy (non-hydrogen) atoms. The molecule has 0 saturated carbocycles. The third kappa shape index (κ3) is 11.4. The third-order valence-electron chi connectivity index (χ3n) is 4.08. The van der Waals surface area contributed by atoms with E-state index >= 15 is 0 Å². The Morgan fingerprint density at radius 3 is 2.34 bits per heavy atom. The summed E-state index contributed by atoms with van der Waals surface area (Å²) in [7, 11) is 7.36. The van der Waals surface area contributed by atoms with Gasteiger partial charge in [0.25, 0.3) is 0 Å². The summed E-state index contributed by atoms with van der Waals surface area (Å²) in [5.74, 6) is 2.74. The number of benzene rings is 1.